The highest BCUT2D eigenvalue weighted by molar-refractivity contribution is 5.96. The van der Waals surface area contributed by atoms with Gasteiger partial charge in [-0.15, -0.1) is 0 Å². The molecular formula is C13H19N3O2. The van der Waals surface area contributed by atoms with Crippen molar-refractivity contribution < 1.29 is 9.59 Å². The van der Waals surface area contributed by atoms with Crippen molar-refractivity contribution >= 4 is 17.6 Å². The molecule has 1 rings (SSSR count). The van der Waals surface area contributed by atoms with E-state index in [2.05, 4.69) is 16.0 Å². The SMILES string of the molecule is CC[C@H](C)NC(=O)Nc1cccc(C(=O)NC)c1. The predicted octanol–water partition coefficient (Wildman–Crippen LogP) is 1.97. The van der Waals surface area contributed by atoms with Crippen LogP contribution in [0.2, 0.25) is 0 Å². The summed E-state index contributed by atoms with van der Waals surface area (Å²) >= 11 is 0. The van der Waals surface area contributed by atoms with E-state index in [9.17, 15) is 9.59 Å². The van der Waals surface area contributed by atoms with Crippen molar-refractivity contribution in [3.05, 3.63) is 29.8 Å². The molecule has 1 atom stereocenters. The molecule has 3 N–H and O–H groups in total. The maximum Gasteiger partial charge on any atom is 0.319 e. The quantitative estimate of drug-likeness (QED) is 0.763. The standard InChI is InChI=1S/C13H19N3O2/c1-4-9(2)15-13(18)16-11-7-5-6-10(8-11)12(17)14-3/h5-9H,4H2,1-3H3,(H,14,17)(H2,15,16,18)/t9-/m0/s1. The zero-order valence-corrected chi connectivity index (χ0v) is 10.9. The molecule has 0 saturated heterocycles. The van der Waals surface area contributed by atoms with Crippen molar-refractivity contribution in [3.63, 3.8) is 0 Å². The van der Waals surface area contributed by atoms with Crippen LogP contribution in [0.15, 0.2) is 24.3 Å². The molecule has 18 heavy (non-hydrogen) atoms. The minimum atomic E-state index is -0.265. The van der Waals surface area contributed by atoms with Gasteiger partial charge in [-0.2, -0.15) is 0 Å². The van der Waals surface area contributed by atoms with E-state index in [0.717, 1.165) is 6.42 Å². The first kappa shape index (κ1) is 14.0. The minimum absolute atomic E-state index is 0.118. The average Bonchev–Trinajstić information content (AvgIpc) is 2.37. The lowest BCUT2D eigenvalue weighted by molar-refractivity contribution is 0.0963. The van der Waals surface area contributed by atoms with Crippen molar-refractivity contribution in [2.45, 2.75) is 26.3 Å². The van der Waals surface area contributed by atoms with E-state index in [1.54, 1.807) is 31.3 Å². The Balaban J connectivity index is 2.67. The van der Waals surface area contributed by atoms with Crippen LogP contribution in [0.3, 0.4) is 0 Å². The van der Waals surface area contributed by atoms with E-state index in [0.29, 0.717) is 11.3 Å². The minimum Gasteiger partial charge on any atom is -0.355 e. The lowest BCUT2D eigenvalue weighted by Crippen LogP contribution is -2.35. The van der Waals surface area contributed by atoms with Gasteiger partial charge in [-0.05, 0) is 31.5 Å². The number of urea groups is 1. The Bertz CT molecular complexity index is 432. The first-order valence-corrected chi connectivity index (χ1v) is 5.96. The summed E-state index contributed by atoms with van der Waals surface area (Å²) in [4.78, 5) is 23.0. The summed E-state index contributed by atoms with van der Waals surface area (Å²) in [5, 5.41) is 8.02. The molecule has 98 valence electrons. The van der Waals surface area contributed by atoms with Gasteiger partial charge in [0.2, 0.25) is 0 Å². The van der Waals surface area contributed by atoms with Crippen LogP contribution in [0, 0.1) is 0 Å². The van der Waals surface area contributed by atoms with Crippen molar-refractivity contribution in [1.82, 2.24) is 10.6 Å². The van der Waals surface area contributed by atoms with Crippen molar-refractivity contribution in [1.29, 1.82) is 0 Å². The molecule has 0 radical (unpaired) electrons. The summed E-state index contributed by atoms with van der Waals surface area (Å²) in [6, 6.07) is 6.64. The molecule has 0 saturated carbocycles. The molecule has 1 aromatic rings. The topological polar surface area (TPSA) is 70.2 Å². The van der Waals surface area contributed by atoms with Gasteiger partial charge in [-0.25, -0.2) is 4.79 Å². The van der Waals surface area contributed by atoms with Crippen LogP contribution in [0.1, 0.15) is 30.6 Å². The zero-order chi connectivity index (χ0) is 13.5. The van der Waals surface area contributed by atoms with Crippen LogP contribution in [0.5, 0.6) is 0 Å². The molecule has 0 unspecified atom stereocenters. The summed E-state index contributed by atoms with van der Waals surface area (Å²) in [7, 11) is 1.57. The highest BCUT2D eigenvalue weighted by Crippen LogP contribution is 2.10. The van der Waals surface area contributed by atoms with Crippen LogP contribution >= 0.6 is 0 Å². The molecule has 0 bridgehead atoms. The third kappa shape index (κ3) is 4.08. The second-order valence-electron chi connectivity index (χ2n) is 4.07. The van der Waals surface area contributed by atoms with Crippen LogP contribution in [-0.4, -0.2) is 25.0 Å². The summed E-state index contributed by atoms with van der Waals surface area (Å²) < 4.78 is 0. The Morgan fingerprint density at radius 3 is 2.67 bits per heavy atom. The highest BCUT2D eigenvalue weighted by Gasteiger charge is 2.07. The Morgan fingerprint density at radius 2 is 2.06 bits per heavy atom. The highest BCUT2D eigenvalue weighted by atomic mass is 16.2. The van der Waals surface area contributed by atoms with Crippen LogP contribution in [0.4, 0.5) is 10.5 Å². The van der Waals surface area contributed by atoms with Gasteiger partial charge < -0.3 is 16.0 Å². The summed E-state index contributed by atoms with van der Waals surface area (Å²) in [6.07, 6.45) is 0.867. The second kappa shape index (κ2) is 6.64. The molecule has 3 amide bonds. The summed E-state index contributed by atoms with van der Waals surface area (Å²) in [6.45, 7) is 3.93. The average molecular weight is 249 g/mol. The zero-order valence-electron chi connectivity index (χ0n) is 10.9. The molecule has 0 aliphatic rings. The number of benzene rings is 1. The lowest BCUT2D eigenvalue weighted by Gasteiger charge is -2.12. The van der Waals surface area contributed by atoms with E-state index >= 15 is 0 Å². The molecule has 5 nitrogen and oxygen atoms in total. The molecule has 5 heteroatoms. The number of amides is 3. The number of hydrogen-bond acceptors (Lipinski definition) is 2. The van der Waals surface area contributed by atoms with Crippen molar-refractivity contribution in [3.8, 4) is 0 Å². The Morgan fingerprint density at radius 1 is 1.33 bits per heavy atom. The third-order valence-corrected chi connectivity index (χ3v) is 2.60. The van der Waals surface area contributed by atoms with Gasteiger partial charge in [0.05, 0.1) is 0 Å². The molecule has 0 aromatic heterocycles. The fraction of sp³-hybridized carbons (Fsp3) is 0.385. The van der Waals surface area contributed by atoms with Crippen LogP contribution < -0.4 is 16.0 Å². The number of rotatable bonds is 4. The first-order valence-electron chi connectivity index (χ1n) is 5.96. The maximum atomic E-state index is 11.6. The van der Waals surface area contributed by atoms with Gasteiger partial charge in [0.1, 0.15) is 0 Å². The van der Waals surface area contributed by atoms with E-state index in [4.69, 9.17) is 0 Å². The van der Waals surface area contributed by atoms with E-state index in [-0.39, 0.29) is 18.0 Å². The molecule has 0 fully saturated rings. The van der Waals surface area contributed by atoms with Crippen LogP contribution in [0.25, 0.3) is 0 Å². The second-order valence-corrected chi connectivity index (χ2v) is 4.07. The monoisotopic (exact) mass is 249 g/mol. The lowest BCUT2D eigenvalue weighted by atomic mass is 10.2. The number of carbonyl (C=O) groups excluding carboxylic acids is 2. The molecule has 0 heterocycles. The fourth-order valence-electron chi connectivity index (χ4n) is 1.38. The summed E-state index contributed by atoms with van der Waals surface area (Å²) in [5.41, 5.74) is 1.11. The van der Waals surface area contributed by atoms with Crippen LogP contribution in [-0.2, 0) is 0 Å². The normalized spacial score (nSPS) is 11.5. The first-order chi connectivity index (χ1) is 8.56. The van der Waals surface area contributed by atoms with Gasteiger partial charge in [-0.3, -0.25) is 4.79 Å². The molecule has 0 aliphatic carbocycles. The smallest absolute Gasteiger partial charge is 0.319 e. The molecular weight excluding hydrogens is 230 g/mol. The third-order valence-electron chi connectivity index (χ3n) is 2.60. The molecule has 1 aromatic carbocycles. The largest absolute Gasteiger partial charge is 0.355 e. The van der Waals surface area contributed by atoms with Gasteiger partial charge in [0, 0.05) is 24.3 Å². The molecule has 0 aliphatic heterocycles. The molecule has 0 spiro atoms. The maximum absolute atomic E-state index is 11.6. The van der Waals surface area contributed by atoms with E-state index in [1.807, 2.05) is 13.8 Å². The van der Waals surface area contributed by atoms with Crippen molar-refractivity contribution in [2.24, 2.45) is 0 Å². The van der Waals surface area contributed by atoms with Crippen molar-refractivity contribution in [2.75, 3.05) is 12.4 Å². The number of anilines is 1. The fourth-order valence-corrected chi connectivity index (χ4v) is 1.38. The number of nitrogens with one attached hydrogen (secondary N) is 3. The Labute approximate surface area is 107 Å². The Kier molecular flexibility index (Phi) is 5.17. The van der Waals surface area contributed by atoms with E-state index in [1.165, 1.54) is 0 Å². The Hall–Kier alpha value is -2.04. The van der Waals surface area contributed by atoms with Gasteiger partial charge >= 0.3 is 6.03 Å². The summed E-state index contributed by atoms with van der Waals surface area (Å²) in [5.74, 6) is -0.180. The predicted molar refractivity (Wildman–Crippen MR) is 71.7 cm³/mol. The number of hydrogen-bond donors (Lipinski definition) is 3. The van der Waals surface area contributed by atoms with Gasteiger partial charge in [0.15, 0.2) is 0 Å². The number of carbonyl (C=O) groups is 2. The van der Waals surface area contributed by atoms with Gasteiger partial charge in [-0.1, -0.05) is 13.0 Å². The van der Waals surface area contributed by atoms with Gasteiger partial charge in [0.25, 0.3) is 5.91 Å². The van der Waals surface area contributed by atoms with E-state index < -0.39 is 0 Å².